The summed E-state index contributed by atoms with van der Waals surface area (Å²) in [4.78, 5) is 0. The maximum Gasteiger partial charge on any atom is 0.0340 e. The Kier molecular flexibility index (Phi) is 4.06. The zero-order valence-electron chi connectivity index (χ0n) is 11.0. The Labute approximate surface area is 105 Å². The van der Waals surface area contributed by atoms with Gasteiger partial charge in [0.15, 0.2) is 0 Å². The number of piperidine rings is 1. The molecule has 2 rings (SSSR count). The van der Waals surface area contributed by atoms with Gasteiger partial charge in [0, 0.05) is 12.2 Å². The van der Waals surface area contributed by atoms with Crippen molar-refractivity contribution in [2.24, 2.45) is 11.3 Å². The highest BCUT2D eigenvalue weighted by Crippen LogP contribution is 2.31. The van der Waals surface area contributed by atoms with E-state index in [-0.39, 0.29) is 0 Å². The molecule has 2 heteroatoms. The first kappa shape index (κ1) is 12.4. The van der Waals surface area contributed by atoms with Gasteiger partial charge in [0.25, 0.3) is 0 Å². The normalized spacial score (nSPS) is 21.2. The molecule has 0 aromatic heterocycles. The monoisotopic (exact) mass is 232 g/mol. The number of anilines is 1. The van der Waals surface area contributed by atoms with E-state index in [4.69, 9.17) is 0 Å². The van der Waals surface area contributed by atoms with Gasteiger partial charge in [0.1, 0.15) is 0 Å². The Balaban J connectivity index is 1.88. The van der Waals surface area contributed by atoms with E-state index in [2.05, 4.69) is 54.8 Å². The second-order valence-corrected chi connectivity index (χ2v) is 5.75. The lowest BCUT2D eigenvalue weighted by Crippen LogP contribution is -2.41. The highest BCUT2D eigenvalue weighted by atomic mass is 14.9. The molecule has 2 nitrogen and oxygen atoms in total. The first-order valence-electron chi connectivity index (χ1n) is 6.68. The van der Waals surface area contributed by atoms with E-state index in [9.17, 15) is 0 Å². The maximum atomic E-state index is 3.55. The summed E-state index contributed by atoms with van der Waals surface area (Å²) >= 11 is 0. The number of rotatable bonds is 4. The third kappa shape index (κ3) is 3.47. The van der Waals surface area contributed by atoms with E-state index in [0.29, 0.717) is 5.41 Å². The molecule has 1 atom stereocenters. The van der Waals surface area contributed by atoms with Crippen LogP contribution in [0.2, 0.25) is 0 Å². The Morgan fingerprint density at radius 3 is 2.71 bits per heavy atom. The molecule has 0 saturated carbocycles. The lowest BCUT2D eigenvalue weighted by molar-refractivity contribution is 0.185. The second-order valence-electron chi connectivity index (χ2n) is 5.75. The summed E-state index contributed by atoms with van der Waals surface area (Å²) in [6, 6.07) is 10.5. The molecule has 1 aliphatic rings. The maximum absolute atomic E-state index is 3.55. The summed E-state index contributed by atoms with van der Waals surface area (Å²) in [5, 5.41) is 7.07. The lowest BCUT2D eigenvalue weighted by Gasteiger charge is -2.37. The van der Waals surface area contributed by atoms with Crippen molar-refractivity contribution in [2.45, 2.75) is 26.7 Å². The van der Waals surface area contributed by atoms with Crippen molar-refractivity contribution in [3.63, 3.8) is 0 Å². The van der Waals surface area contributed by atoms with Crippen molar-refractivity contribution in [1.29, 1.82) is 0 Å². The molecule has 0 amide bonds. The third-order valence-electron chi connectivity index (χ3n) is 3.92. The van der Waals surface area contributed by atoms with Crippen molar-refractivity contribution in [1.82, 2.24) is 5.32 Å². The second kappa shape index (κ2) is 5.54. The number of hydrogen-bond acceptors (Lipinski definition) is 2. The van der Waals surface area contributed by atoms with E-state index in [1.54, 1.807) is 0 Å². The Morgan fingerprint density at radius 1 is 1.29 bits per heavy atom. The molecule has 1 aliphatic heterocycles. The molecule has 0 bridgehead atoms. The minimum Gasteiger partial charge on any atom is -0.384 e. The van der Waals surface area contributed by atoms with E-state index in [1.807, 2.05) is 0 Å². The Morgan fingerprint density at radius 2 is 2.06 bits per heavy atom. The molecule has 94 valence electrons. The highest BCUT2D eigenvalue weighted by molar-refractivity contribution is 5.42. The zero-order chi connectivity index (χ0) is 12.1. The summed E-state index contributed by atoms with van der Waals surface area (Å²) in [5.74, 6) is 0.785. The van der Waals surface area contributed by atoms with Crippen LogP contribution >= 0.6 is 0 Å². The molecule has 0 radical (unpaired) electrons. The number of para-hydroxylation sites is 1. The van der Waals surface area contributed by atoms with Crippen LogP contribution in [0.25, 0.3) is 0 Å². The number of benzene rings is 1. The van der Waals surface area contributed by atoms with Crippen molar-refractivity contribution in [3.8, 4) is 0 Å². The molecular formula is C15H24N2. The lowest BCUT2D eigenvalue weighted by atomic mass is 9.75. The predicted octanol–water partition coefficient (Wildman–Crippen LogP) is 3.12. The minimum absolute atomic E-state index is 0.350. The average molecular weight is 232 g/mol. The molecule has 1 unspecified atom stereocenters. The molecule has 1 heterocycles. The molecule has 0 spiro atoms. The average Bonchev–Trinajstić information content (AvgIpc) is 2.39. The molecule has 1 aromatic rings. The molecule has 1 fully saturated rings. The zero-order valence-corrected chi connectivity index (χ0v) is 11.0. The van der Waals surface area contributed by atoms with Crippen LogP contribution in [0.15, 0.2) is 30.3 Å². The fourth-order valence-corrected chi connectivity index (χ4v) is 2.55. The largest absolute Gasteiger partial charge is 0.384 e. The van der Waals surface area contributed by atoms with Crippen molar-refractivity contribution in [3.05, 3.63) is 30.3 Å². The van der Waals surface area contributed by atoms with Gasteiger partial charge in [-0.15, -0.1) is 0 Å². The van der Waals surface area contributed by atoms with Gasteiger partial charge in [0.2, 0.25) is 0 Å². The van der Waals surface area contributed by atoms with Crippen LogP contribution in [0.4, 0.5) is 5.69 Å². The quantitative estimate of drug-likeness (QED) is 0.833. The van der Waals surface area contributed by atoms with E-state index in [1.165, 1.54) is 31.6 Å². The summed E-state index contributed by atoms with van der Waals surface area (Å²) in [5.41, 5.74) is 1.58. The minimum atomic E-state index is 0.350. The van der Waals surface area contributed by atoms with Crippen molar-refractivity contribution in [2.75, 3.05) is 25.0 Å². The van der Waals surface area contributed by atoms with Gasteiger partial charge >= 0.3 is 0 Å². The van der Waals surface area contributed by atoms with E-state index in [0.717, 1.165) is 12.5 Å². The Hall–Kier alpha value is -1.02. The van der Waals surface area contributed by atoms with E-state index < -0.39 is 0 Å². The van der Waals surface area contributed by atoms with Crippen LogP contribution in [0.1, 0.15) is 26.7 Å². The predicted molar refractivity (Wildman–Crippen MR) is 74.3 cm³/mol. The van der Waals surface area contributed by atoms with Crippen LogP contribution in [0.5, 0.6) is 0 Å². The molecule has 0 aliphatic carbocycles. The fraction of sp³-hybridized carbons (Fsp3) is 0.600. The smallest absolute Gasteiger partial charge is 0.0340 e. The van der Waals surface area contributed by atoms with Gasteiger partial charge in [0.05, 0.1) is 0 Å². The summed E-state index contributed by atoms with van der Waals surface area (Å²) in [6.45, 7) is 8.16. The molecule has 17 heavy (non-hydrogen) atoms. The molecule has 1 saturated heterocycles. The van der Waals surface area contributed by atoms with Crippen LogP contribution in [-0.2, 0) is 0 Å². The van der Waals surface area contributed by atoms with Crippen LogP contribution < -0.4 is 10.6 Å². The van der Waals surface area contributed by atoms with Crippen molar-refractivity contribution < 1.29 is 0 Å². The summed E-state index contributed by atoms with van der Waals surface area (Å²) in [6.07, 6.45) is 2.68. The van der Waals surface area contributed by atoms with Gasteiger partial charge in [-0.1, -0.05) is 32.0 Å². The summed E-state index contributed by atoms with van der Waals surface area (Å²) in [7, 11) is 0. The number of nitrogens with one attached hydrogen (secondary N) is 2. The topological polar surface area (TPSA) is 24.1 Å². The van der Waals surface area contributed by atoms with Gasteiger partial charge in [-0.2, -0.15) is 0 Å². The third-order valence-corrected chi connectivity index (χ3v) is 3.92. The standard InChI is InChI=1S/C15H24N2/c1-15(2,13-7-6-10-16-11-13)12-17-14-8-4-3-5-9-14/h3-5,8-9,13,16-17H,6-7,10-12H2,1-2H3. The molecular weight excluding hydrogens is 208 g/mol. The first-order chi connectivity index (χ1) is 8.18. The van der Waals surface area contributed by atoms with Crippen LogP contribution in [-0.4, -0.2) is 19.6 Å². The highest BCUT2D eigenvalue weighted by Gasteiger charge is 2.30. The SMILES string of the molecule is CC(C)(CNc1ccccc1)C1CCCNC1. The molecule has 1 aromatic carbocycles. The van der Waals surface area contributed by atoms with Crippen LogP contribution in [0, 0.1) is 11.3 Å². The summed E-state index contributed by atoms with van der Waals surface area (Å²) < 4.78 is 0. The van der Waals surface area contributed by atoms with Gasteiger partial charge in [-0.25, -0.2) is 0 Å². The van der Waals surface area contributed by atoms with E-state index >= 15 is 0 Å². The first-order valence-corrected chi connectivity index (χ1v) is 6.68. The fourth-order valence-electron chi connectivity index (χ4n) is 2.55. The van der Waals surface area contributed by atoms with Gasteiger partial charge in [-0.05, 0) is 49.4 Å². The van der Waals surface area contributed by atoms with Crippen LogP contribution in [0.3, 0.4) is 0 Å². The Bertz CT molecular complexity index is 326. The van der Waals surface area contributed by atoms with Gasteiger partial charge < -0.3 is 10.6 Å². The van der Waals surface area contributed by atoms with Gasteiger partial charge in [-0.3, -0.25) is 0 Å². The number of hydrogen-bond donors (Lipinski definition) is 2. The van der Waals surface area contributed by atoms with Crippen molar-refractivity contribution >= 4 is 5.69 Å². The molecule has 2 N–H and O–H groups in total.